The minimum absolute atomic E-state index is 0.126. The van der Waals surface area contributed by atoms with Crippen molar-refractivity contribution in [1.29, 1.82) is 0 Å². The third-order valence-electron chi connectivity index (χ3n) is 3.29. The molecule has 1 aromatic heterocycles. The first kappa shape index (κ1) is 14.7. The molecule has 3 aromatic rings. The van der Waals surface area contributed by atoms with Crippen LogP contribution in [0, 0.1) is 11.6 Å². The van der Waals surface area contributed by atoms with Gasteiger partial charge in [0.05, 0.1) is 10.9 Å². The van der Waals surface area contributed by atoms with Gasteiger partial charge in [0, 0.05) is 12.8 Å². The first-order chi connectivity index (χ1) is 10.6. The van der Waals surface area contributed by atoms with E-state index in [2.05, 4.69) is 4.98 Å². The Labute approximate surface area is 129 Å². The Hall–Kier alpha value is -2.21. The van der Waals surface area contributed by atoms with Crippen molar-refractivity contribution in [2.24, 2.45) is 7.05 Å². The normalized spacial score (nSPS) is 11.0. The summed E-state index contributed by atoms with van der Waals surface area (Å²) < 4.78 is 27.6. The van der Waals surface area contributed by atoms with E-state index in [9.17, 15) is 13.6 Å². The number of fused-ring (bicyclic) bond motifs is 1. The van der Waals surface area contributed by atoms with E-state index in [4.69, 9.17) is 0 Å². The number of thioether (sulfide) groups is 1. The maximum atomic E-state index is 13.2. The molecule has 0 bridgehead atoms. The fourth-order valence-corrected chi connectivity index (χ4v) is 3.02. The lowest BCUT2D eigenvalue weighted by Crippen LogP contribution is -2.19. The van der Waals surface area contributed by atoms with Crippen LogP contribution in [0.15, 0.2) is 52.4 Å². The monoisotopic (exact) mass is 318 g/mol. The van der Waals surface area contributed by atoms with E-state index in [1.54, 1.807) is 25.2 Å². The van der Waals surface area contributed by atoms with E-state index in [1.165, 1.54) is 22.4 Å². The minimum Gasteiger partial charge on any atom is -0.290 e. The molecular weight excluding hydrogens is 306 g/mol. The Bertz CT molecular complexity index is 908. The first-order valence-electron chi connectivity index (χ1n) is 6.59. The van der Waals surface area contributed by atoms with E-state index in [-0.39, 0.29) is 5.56 Å². The molecule has 3 rings (SSSR count). The maximum Gasteiger partial charge on any atom is 0.261 e. The Balaban J connectivity index is 1.92. The van der Waals surface area contributed by atoms with Crippen molar-refractivity contribution in [2.75, 3.05) is 0 Å². The molecule has 112 valence electrons. The van der Waals surface area contributed by atoms with Crippen molar-refractivity contribution < 1.29 is 8.78 Å². The van der Waals surface area contributed by atoms with Gasteiger partial charge in [0.1, 0.15) is 0 Å². The topological polar surface area (TPSA) is 34.9 Å². The number of halogens is 2. The quantitative estimate of drug-likeness (QED) is 0.547. The van der Waals surface area contributed by atoms with E-state index >= 15 is 0 Å². The number of para-hydroxylation sites is 1. The second-order valence-corrected chi connectivity index (χ2v) is 5.76. The van der Waals surface area contributed by atoms with Gasteiger partial charge in [0.15, 0.2) is 16.8 Å². The summed E-state index contributed by atoms with van der Waals surface area (Å²) in [5.41, 5.74) is 1.13. The van der Waals surface area contributed by atoms with Crippen molar-refractivity contribution >= 4 is 22.7 Å². The number of aromatic nitrogens is 2. The van der Waals surface area contributed by atoms with Crippen molar-refractivity contribution in [2.45, 2.75) is 10.9 Å². The lowest BCUT2D eigenvalue weighted by Gasteiger charge is -2.08. The zero-order chi connectivity index (χ0) is 15.7. The van der Waals surface area contributed by atoms with Crippen molar-refractivity contribution in [3.05, 3.63) is 70.0 Å². The summed E-state index contributed by atoms with van der Waals surface area (Å²) in [6.07, 6.45) is 0. The fourth-order valence-electron chi connectivity index (χ4n) is 2.10. The molecule has 0 unspecified atom stereocenters. The van der Waals surface area contributed by atoms with Crippen LogP contribution >= 0.6 is 11.8 Å². The zero-order valence-electron chi connectivity index (χ0n) is 11.7. The Morgan fingerprint density at radius 1 is 1.14 bits per heavy atom. The van der Waals surface area contributed by atoms with E-state index < -0.39 is 11.6 Å². The molecule has 0 N–H and O–H groups in total. The molecule has 1 heterocycles. The predicted molar refractivity (Wildman–Crippen MR) is 82.9 cm³/mol. The summed E-state index contributed by atoms with van der Waals surface area (Å²) >= 11 is 1.31. The predicted octanol–water partition coefficient (Wildman–Crippen LogP) is 3.50. The van der Waals surface area contributed by atoms with Crippen LogP contribution in [0.2, 0.25) is 0 Å². The lowest BCUT2D eigenvalue weighted by molar-refractivity contribution is 0.507. The van der Waals surface area contributed by atoms with Gasteiger partial charge in [-0.3, -0.25) is 9.36 Å². The standard InChI is InChI=1S/C16H12F2N2OS/c1-20-15(21)11-4-2-3-5-14(11)19-16(20)22-9-10-6-7-12(17)13(18)8-10/h2-8H,9H2,1H3. The van der Waals surface area contributed by atoms with E-state index in [0.717, 1.165) is 12.1 Å². The zero-order valence-corrected chi connectivity index (χ0v) is 12.5. The summed E-state index contributed by atoms with van der Waals surface area (Å²) in [6, 6.07) is 10.9. The van der Waals surface area contributed by atoms with Crippen LogP contribution in [0.1, 0.15) is 5.56 Å². The lowest BCUT2D eigenvalue weighted by atomic mass is 10.2. The van der Waals surface area contributed by atoms with Gasteiger partial charge in [-0.1, -0.05) is 30.0 Å². The SMILES string of the molecule is Cn1c(SCc2ccc(F)c(F)c2)nc2ccccc2c1=O. The highest BCUT2D eigenvalue weighted by Crippen LogP contribution is 2.22. The summed E-state index contributed by atoms with van der Waals surface area (Å²) in [5, 5.41) is 1.09. The molecular formula is C16H12F2N2OS. The van der Waals surface area contributed by atoms with Gasteiger partial charge < -0.3 is 0 Å². The maximum absolute atomic E-state index is 13.2. The van der Waals surface area contributed by atoms with Crippen LogP contribution in [-0.4, -0.2) is 9.55 Å². The average molecular weight is 318 g/mol. The summed E-state index contributed by atoms with van der Waals surface area (Å²) in [6.45, 7) is 0. The van der Waals surface area contributed by atoms with Gasteiger partial charge in [-0.25, -0.2) is 13.8 Å². The van der Waals surface area contributed by atoms with Crippen LogP contribution in [-0.2, 0) is 12.8 Å². The highest BCUT2D eigenvalue weighted by Gasteiger charge is 2.09. The van der Waals surface area contributed by atoms with Crippen molar-refractivity contribution in [1.82, 2.24) is 9.55 Å². The van der Waals surface area contributed by atoms with Gasteiger partial charge >= 0.3 is 0 Å². The van der Waals surface area contributed by atoms with Gasteiger partial charge in [0.2, 0.25) is 0 Å². The molecule has 0 aliphatic carbocycles. The second kappa shape index (κ2) is 5.88. The van der Waals surface area contributed by atoms with Gasteiger partial charge in [-0.2, -0.15) is 0 Å². The minimum atomic E-state index is -0.876. The molecule has 0 amide bonds. The molecule has 0 radical (unpaired) electrons. The summed E-state index contributed by atoms with van der Waals surface area (Å²) in [5.74, 6) is -1.35. The Kier molecular flexibility index (Phi) is 3.94. The third kappa shape index (κ3) is 2.74. The van der Waals surface area contributed by atoms with Crippen LogP contribution in [0.3, 0.4) is 0 Å². The molecule has 0 fully saturated rings. The Morgan fingerprint density at radius 2 is 1.91 bits per heavy atom. The van der Waals surface area contributed by atoms with Crippen LogP contribution < -0.4 is 5.56 Å². The summed E-state index contributed by atoms with van der Waals surface area (Å²) in [4.78, 5) is 16.7. The average Bonchev–Trinajstić information content (AvgIpc) is 2.53. The highest BCUT2D eigenvalue weighted by molar-refractivity contribution is 7.98. The molecule has 22 heavy (non-hydrogen) atoms. The molecule has 0 saturated carbocycles. The molecule has 0 aliphatic rings. The molecule has 2 aromatic carbocycles. The number of nitrogens with zero attached hydrogens (tertiary/aromatic N) is 2. The largest absolute Gasteiger partial charge is 0.290 e. The molecule has 0 spiro atoms. The van der Waals surface area contributed by atoms with Crippen LogP contribution in [0.25, 0.3) is 10.9 Å². The van der Waals surface area contributed by atoms with E-state index in [0.29, 0.717) is 27.4 Å². The van der Waals surface area contributed by atoms with Gasteiger partial charge in [0.25, 0.3) is 5.56 Å². The number of benzene rings is 2. The number of hydrogen-bond acceptors (Lipinski definition) is 3. The van der Waals surface area contributed by atoms with Crippen LogP contribution in [0.5, 0.6) is 0 Å². The number of rotatable bonds is 3. The third-order valence-corrected chi connectivity index (χ3v) is 4.40. The molecule has 0 aliphatic heterocycles. The van der Waals surface area contributed by atoms with Crippen molar-refractivity contribution in [3.63, 3.8) is 0 Å². The molecule has 0 saturated heterocycles. The van der Waals surface area contributed by atoms with E-state index in [1.807, 2.05) is 6.07 Å². The molecule has 0 atom stereocenters. The van der Waals surface area contributed by atoms with Gasteiger partial charge in [-0.15, -0.1) is 0 Å². The molecule has 3 nitrogen and oxygen atoms in total. The number of hydrogen-bond donors (Lipinski definition) is 0. The fraction of sp³-hybridized carbons (Fsp3) is 0.125. The van der Waals surface area contributed by atoms with Crippen molar-refractivity contribution in [3.8, 4) is 0 Å². The van der Waals surface area contributed by atoms with Crippen LogP contribution in [0.4, 0.5) is 8.78 Å². The Morgan fingerprint density at radius 3 is 2.68 bits per heavy atom. The second-order valence-electron chi connectivity index (χ2n) is 4.81. The molecule has 6 heteroatoms. The summed E-state index contributed by atoms with van der Waals surface area (Å²) in [7, 11) is 1.65. The smallest absolute Gasteiger partial charge is 0.261 e. The highest BCUT2D eigenvalue weighted by atomic mass is 32.2. The van der Waals surface area contributed by atoms with Gasteiger partial charge in [-0.05, 0) is 29.8 Å². The first-order valence-corrected chi connectivity index (χ1v) is 7.57.